The predicted octanol–water partition coefficient (Wildman–Crippen LogP) is 2.46. The van der Waals surface area contributed by atoms with E-state index in [4.69, 9.17) is 0 Å². The Balaban J connectivity index is 1.87. The lowest BCUT2D eigenvalue weighted by Crippen LogP contribution is -2.47. The molecule has 1 amide bonds. The van der Waals surface area contributed by atoms with E-state index < -0.39 is 0 Å². The van der Waals surface area contributed by atoms with Crippen molar-refractivity contribution in [3.63, 3.8) is 0 Å². The first-order valence-electron chi connectivity index (χ1n) is 6.74. The van der Waals surface area contributed by atoms with Gasteiger partial charge in [-0.3, -0.25) is 4.79 Å². The molecule has 1 saturated heterocycles. The van der Waals surface area contributed by atoms with Gasteiger partial charge in [0.2, 0.25) is 0 Å². The highest BCUT2D eigenvalue weighted by Crippen LogP contribution is 2.20. The van der Waals surface area contributed by atoms with Gasteiger partial charge in [0.25, 0.3) is 5.91 Å². The molecule has 104 valence electrons. The Bertz CT molecular complexity index is 447. The first-order chi connectivity index (χ1) is 8.94. The van der Waals surface area contributed by atoms with Gasteiger partial charge in [-0.1, -0.05) is 11.6 Å². The minimum atomic E-state index is 0.280. The maximum Gasteiger partial charge on any atom is 0.277 e. The van der Waals surface area contributed by atoms with Crippen LogP contribution in [0.2, 0.25) is 0 Å². The number of piperidine rings is 1. The van der Waals surface area contributed by atoms with Crippen LogP contribution in [0.25, 0.3) is 6.08 Å². The van der Waals surface area contributed by atoms with Gasteiger partial charge in [-0.2, -0.15) is 11.3 Å². The molecule has 1 aliphatic heterocycles. The highest BCUT2D eigenvalue weighted by molar-refractivity contribution is 7.08. The summed E-state index contributed by atoms with van der Waals surface area (Å²) in [6, 6.07) is 2.15. The quantitative estimate of drug-likeness (QED) is 0.778. The maximum absolute atomic E-state index is 12.1. The Morgan fingerprint density at radius 3 is 2.58 bits per heavy atom. The van der Waals surface area contributed by atoms with E-state index in [0.29, 0.717) is 11.0 Å². The third-order valence-corrected chi connectivity index (χ3v) is 3.98. The van der Waals surface area contributed by atoms with Crippen molar-refractivity contribution in [3.8, 4) is 0 Å². The van der Waals surface area contributed by atoms with Gasteiger partial charge in [0, 0.05) is 13.1 Å². The van der Waals surface area contributed by atoms with E-state index in [0.717, 1.165) is 25.9 Å². The Labute approximate surface area is 119 Å². The summed E-state index contributed by atoms with van der Waals surface area (Å²) >= 11 is 1.73. The molecule has 0 N–H and O–H groups in total. The summed E-state index contributed by atoms with van der Waals surface area (Å²) in [6.07, 6.45) is 4.30. The molecule has 1 aliphatic rings. The third kappa shape index (κ3) is 4.48. The van der Waals surface area contributed by atoms with Gasteiger partial charge < -0.3 is 9.38 Å². The molecule has 1 fully saturated rings. The summed E-state index contributed by atoms with van der Waals surface area (Å²) in [5.41, 5.74) is 2.76. The van der Waals surface area contributed by atoms with Crippen LogP contribution in [0, 0.1) is 0 Å². The molecule has 0 spiro atoms. The Hall–Kier alpha value is -1.13. The van der Waals surface area contributed by atoms with Gasteiger partial charge in [0.1, 0.15) is 0 Å². The second-order valence-electron chi connectivity index (χ2n) is 6.19. The lowest BCUT2D eigenvalue weighted by atomic mass is 10.0. The lowest BCUT2D eigenvalue weighted by molar-refractivity contribution is -0.862. The maximum atomic E-state index is 12.1. The number of quaternary nitrogens is 1. The molecule has 0 atom stereocenters. The highest BCUT2D eigenvalue weighted by Gasteiger charge is 2.23. The molecule has 4 heteroatoms. The van der Waals surface area contributed by atoms with Crippen molar-refractivity contribution in [1.82, 2.24) is 4.90 Å². The number of likely N-dealkylation sites (N-methyl/N-ethyl adjacent to an activating group) is 1. The van der Waals surface area contributed by atoms with E-state index in [1.807, 2.05) is 4.90 Å². The smallest absolute Gasteiger partial charge is 0.277 e. The standard InChI is InChI=1S/C15H23N2OS/c1-17(2,3)11-15(18)16-7-4-13(5-8-16)10-14-6-9-19-12-14/h6,9-10,12H,4-5,7-8,11H2,1-3H3/q+1. The molecule has 0 aromatic carbocycles. The molecule has 19 heavy (non-hydrogen) atoms. The fourth-order valence-electron chi connectivity index (χ4n) is 2.29. The first kappa shape index (κ1) is 14.3. The molecule has 2 rings (SSSR count). The monoisotopic (exact) mass is 279 g/mol. The van der Waals surface area contributed by atoms with Gasteiger partial charge in [-0.15, -0.1) is 0 Å². The van der Waals surface area contributed by atoms with Crippen molar-refractivity contribution in [2.75, 3.05) is 40.8 Å². The Morgan fingerprint density at radius 2 is 2.05 bits per heavy atom. The summed E-state index contributed by atoms with van der Waals surface area (Å²) in [5.74, 6) is 0.280. The van der Waals surface area contributed by atoms with Crippen LogP contribution < -0.4 is 0 Å². The van der Waals surface area contributed by atoms with E-state index >= 15 is 0 Å². The van der Waals surface area contributed by atoms with E-state index in [-0.39, 0.29) is 5.91 Å². The van der Waals surface area contributed by atoms with Crippen molar-refractivity contribution in [2.24, 2.45) is 0 Å². The Kier molecular flexibility index (Phi) is 4.42. The number of carbonyl (C=O) groups excluding carboxylic acids is 1. The lowest BCUT2D eigenvalue weighted by Gasteiger charge is -2.31. The molecular formula is C15H23N2OS+. The summed E-state index contributed by atoms with van der Waals surface area (Å²) in [7, 11) is 6.18. The number of thiophene rings is 1. The van der Waals surface area contributed by atoms with Crippen molar-refractivity contribution in [1.29, 1.82) is 0 Å². The molecule has 0 unspecified atom stereocenters. The van der Waals surface area contributed by atoms with Crippen LogP contribution in [0.15, 0.2) is 22.4 Å². The largest absolute Gasteiger partial charge is 0.337 e. The fourth-order valence-corrected chi connectivity index (χ4v) is 2.90. The predicted molar refractivity (Wildman–Crippen MR) is 81.0 cm³/mol. The summed E-state index contributed by atoms with van der Waals surface area (Å²) < 4.78 is 0.701. The molecule has 0 radical (unpaired) electrons. The number of nitrogens with zero attached hydrogens (tertiary/aromatic N) is 2. The zero-order valence-corrected chi connectivity index (χ0v) is 12.9. The zero-order valence-electron chi connectivity index (χ0n) is 12.1. The average molecular weight is 279 g/mol. The molecular weight excluding hydrogens is 256 g/mol. The van der Waals surface area contributed by atoms with Gasteiger partial charge in [0.05, 0.1) is 21.1 Å². The first-order valence-corrected chi connectivity index (χ1v) is 7.68. The topological polar surface area (TPSA) is 20.3 Å². The fraction of sp³-hybridized carbons (Fsp3) is 0.533. The second-order valence-corrected chi connectivity index (χ2v) is 6.97. The molecule has 1 aromatic heterocycles. The van der Waals surface area contributed by atoms with Crippen LogP contribution >= 0.6 is 11.3 Å². The molecule has 2 heterocycles. The number of hydrogen-bond donors (Lipinski definition) is 0. The van der Waals surface area contributed by atoms with E-state index in [2.05, 4.69) is 44.0 Å². The highest BCUT2D eigenvalue weighted by atomic mass is 32.1. The van der Waals surface area contributed by atoms with Gasteiger partial charge in [0.15, 0.2) is 6.54 Å². The van der Waals surface area contributed by atoms with Gasteiger partial charge >= 0.3 is 0 Å². The number of hydrogen-bond acceptors (Lipinski definition) is 2. The summed E-state index contributed by atoms with van der Waals surface area (Å²) in [6.45, 7) is 2.33. The van der Waals surface area contributed by atoms with Gasteiger partial charge in [-0.25, -0.2) is 0 Å². The minimum Gasteiger partial charge on any atom is -0.337 e. The molecule has 3 nitrogen and oxygen atoms in total. The second kappa shape index (κ2) is 5.88. The Morgan fingerprint density at radius 1 is 1.37 bits per heavy atom. The number of rotatable bonds is 3. The van der Waals surface area contributed by atoms with Crippen LogP contribution in [0.5, 0.6) is 0 Å². The van der Waals surface area contributed by atoms with Crippen LogP contribution in [0.4, 0.5) is 0 Å². The summed E-state index contributed by atoms with van der Waals surface area (Å²) in [4.78, 5) is 14.1. The molecule has 0 bridgehead atoms. The van der Waals surface area contributed by atoms with E-state index in [1.54, 1.807) is 11.3 Å². The van der Waals surface area contributed by atoms with Crippen molar-refractivity contribution >= 4 is 23.3 Å². The van der Waals surface area contributed by atoms with E-state index in [9.17, 15) is 4.79 Å². The van der Waals surface area contributed by atoms with Gasteiger partial charge in [-0.05, 0) is 35.2 Å². The summed E-state index contributed by atoms with van der Waals surface area (Å²) in [5, 5.41) is 4.27. The number of likely N-dealkylation sites (tertiary alicyclic amines) is 1. The average Bonchev–Trinajstić information content (AvgIpc) is 2.80. The van der Waals surface area contributed by atoms with Crippen LogP contribution in [0.1, 0.15) is 18.4 Å². The molecule has 1 aromatic rings. The van der Waals surface area contributed by atoms with Crippen molar-refractivity contribution < 1.29 is 9.28 Å². The zero-order chi connectivity index (χ0) is 13.9. The van der Waals surface area contributed by atoms with Crippen LogP contribution in [0.3, 0.4) is 0 Å². The number of amides is 1. The normalized spacial score (nSPS) is 16.6. The SMILES string of the molecule is C[N+](C)(C)CC(=O)N1CCC(=Cc2ccsc2)CC1. The number of carbonyl (C=O) groups is 1. The van der Waals surface area contributed by atoms with Crippen LogP contribution in [-0.2, 0) is 4.79 Å². The van der Waals surface area contributed by atoms with Crippen molar-refractivity contribution in [2.45, 2.75) is 12.8 Å². The van der Waals surface area contributed by atoms with E-state index in [1.165, 1.54) is 11.1 Å². The van der Waals surface area contributed by atoms with Crippen molar-refractivity contribution in [3.05, 3.63) is 28.0 Å². The molecule has 0 saturated carbocycles. The third-order valence-electron chi connectivity index (χ3n) is 3.28. The molecule has 0 aliphatic carbocycles. The van der Waals surface area contributed by atoms with Crippen LogP contribution in [-0.4, -0.2) is 56.1 Å². The minimum absolute atomic E-state index is 0.280.